The molecule has 0 radical (unpaired) electrons. The van der Waals surface area contributed by atoms with Gasteiger partial charge in [0, 0.05) is 19.7 Å². The van der Waals surface area contributed by atoms with Crippen LogP contribution in [0.2, 0.25) is 0 Å². The van der Waals surface area contributed by atoms with Gasteiger partial charge < -0.3 is 19.7 Å². The lowest BCUT2D eigenvalue weighted by molar-refractivity contribution is 0.102. The zero-order chi connectivity index (χ0) is 17.7. The highest BCUT2D eigenvalue weighted by Gasteiger charge is 2.16. The molecular formula is C18H21BrN2O3. The number of rotatable bonds is 6. The Hall–Kier alpha value is -2.21. The molecule has 0 aromatic heterocycles. The Bertz CT molecular complexity index is 732. The minimum Gasteiger partial charge on any atom is -0.493 e. The average Bonchev–Trinajstić information content (AvgIpc) is 2.56. The van der Waals surface area contributed by atoms with E-state index < -0.39 is 0 Å². The number of anilines is 2. The number of para-hydroxylation sites is 2. The maximum Gasteiger partial charge on any atom is 0.255 e. The molecule has 1 N–H and O–H groups in total. The van der Waals surface area contributed by atoms with Crippen molar-refractivity contribution in [3.8, 4) is 11.5 Å². The van der Waals surface area contributed by atoms with Crippen LogP contribution in [0.4, 0.5) is 11.4 Å². The molecule has 0 bridgehead atoms. The van der Waals surface area contributed by atoms with Crippen molar-refractivity contribution in [2.75, 3.05) is 38.0 Å². The summed E-state index contributed by atoms with van der Waals surface area (Å²) in [5, 5.41) is 2.94. The molecule has 1 amide bonds. The third kappa shape index (κ3) is 4.00. The molecule has 0 fully saturated rings. The van der Waals surface area contributed by atoms with Crippen LogP contribution in [-0.2, 0) is 0 Å². The molecule has 6 heteroatoms. The Morgan fingerprint density at radius 3 is 2.58 bits per heavy atom. The van der Waals surface area contributed by atoms with Gasteiger partial charge in [-0.05, 0) is 47.1 Å². The molecule has 0 saturated heterocycles. The first-order chi connectivity index (χ1) is 11.5. The molecule has 2 rings (SSSR count). The Morgan fingerprint density at radius 2 is 1.96 bits per heavy atom. The van der Waals surface area contributed by atoms with E-state index in [1.165, 1.54) is 0 Å². The highest BCUT2D eigenvalue weighted by Crippen LogP contribution is 2.37. The van der Waals surface area contributed by atoms with Crippen molar-refractivity contribution in [1.82, 2.24) is 0 Å². The summed E-state index contributed by atoms with van der Waals surface area (Å²) in [5.41, 5.74) is 2.16. The van der Waals surface area contributed by atoms with Gasteiger partial charge >= 0.3 is 0 Å². The van der Waals surface area contributed by atoms with Gasteiger partial charge in [0.05, 0.1) is 29.6 Å². The number of carbonyl (C=O) groups is 1. The largest absolute Gasteiger partial charge is 0.493 e. The summed E-state index contributed by atoms with van der Waals surface area (Å²) in [6.07, 6.45) is 0. The van der Waals surface area contributed by atoms with Gasteiger partial charge in [-0.15, -0.1) is 0 Å². The molecule has 2 aromatic carbocycles. The number of benzene rings is 2. The van der Waals surface area contributed by atoms with Crippen molar-refractivity contribution in [3.05, 3.63) is 46.4 Å². The molecule has 128 valence electrons. The van der Waals surface area contributed by atoms with E-state index in [9.17, 15) is 4.79 Å². The van der Waals surface area contributed by atoms with E-state index in [1.54, 1.807) is 19.2 Å². The summed E-state index contributed by atoms with van der Waals surface area (Å²) >= 11 is 3.44. The molecule has 0 spiro atoms. The Balaban J connectivity index is 2.32. The van der Waals surface area contributed by atoms with Crippen molar-refractivity contribution in [2.24, 2.45) is 0 Å². The fraction of sp³-hybridized carbons (Fsp3) is 0.278. The fourth-order valence-corrected chi connectivity index (χ4v) is 2.86. The summed E-state index contributed by atoms with van der Waals surface area (Å²) in [6, 6.07) is 11.0. The third-order valence-corrected chi connectivity index (χ3v) is 4.00. The summed E-state index contributed by atoms with van der Waals surface area (Å²) in [6.45, 7) is 2.40. The number of carbonyl (C=O) groups excluding carboxylic acids is 1. The number of ether oxygens (including phenoxy) is 2. The summed E-state index contributed by atoms with van der Waals surface area (Å²) in [4.78, 5) is 14.6. The van der Waals surface area contributed by atoms with Gasteiger partial charge in [-0.1, -0.05) is 12.1 Å². The van der Waals surface area contributed by atoms with Gasteiger partial charge in [0.2, 0.25) is 0 Å². The Labute approximate surface area is 150 Å². The van der Waals surface area contributed by atoms with Crippen molar-refractivity contribution in [2.45, 2.75) is 6.92 Å². The number of hydrogen-bond acceptors (Lipinski definition) is 4. The van der Waals surface area contributed by atoms with E-state index in [2.05, 4.69) is 21.2 Å². The minimum absolute atomic E-state index is 0.216. The lowest BCUT2D eigenvalue weighted by atomic mass is 10.1. The highest BCUT2D eigenvalue weighted by molar-refractivity contribution is 9.10. The summed E-state index contributed by atoms with van der Waals surface area (Å²) in [7, 11) is 5.41. The van der Waals surface area contributed by atoms with Gasteiger partial charge in [0.15, 0.2) is 11.5 Å². The fourth-order valence-electron chi connectivity index (χ4n) is 2.30. The van der Waals surface area contributed by atoms with Crippen LogP contribution in [0.25, 0.3) is 0 Å². The van der Waals surface area contributed by atoms with Crippen molar-refractivity contribution >= 4 is 33.2 Å². The normalized spacial score (nSPS) is 10.2. The quantitative estimate of drug-likeness (QED) is 0.800. The molecule has 0 unspecified atom stereocenters. The maximum absolute atomic E-state index is 12.6. The number of amides is 1. The van der Waals surface area contributed by atoms with Crippen molar-refractivity contribution in [3.63, 3.8) is 0 Å². The molecule has 24 heavy (non-hydrogen) atoms. The van der Waals surface area contributed by atoms with E-state index in [0.717, 1.165) is 11.4 Å². The molecule has 0 aliphatic rings. The first-order valence-electron chi connectivity index (χ1n) is 7.56. The first-order valence-corrected chi connectivity index (χ1v) is 8.35. The Kier molecular flexibility index (Phi) is 6.09. The molecule has 0 heterocycles. The van der Waals surface area contributed by atoms with Crippen LogP contribution in [0.5, 0.6) is 11.5 Å². The molecule has 0 aliphatic heterocycles. The monoisotopic (exact) mass is 392 g/mol. The van der Waals surface area contributed by atoms with Gasteiger partial charge in [-0.25, -0.2) is 0 Å². The summed E-state index contributed by atoms with van der Waals surface area (Å²) < 4.78 is 11.6. The number of hydrogen-bond donors (Lipinski definition) is 1. The van der Waals surface area contributed by atoms with E-state index >= 15 is 0 Å². The maximum atomic E-state index is 12.6. The smallest absolute Gasteiger partial charge is 0.255 e. The van der Waals surface area contributed by atoms with Gasteiger partial charge in [-0.2, -0.15) is 0 Å². The number of methoxy groups -OCH3 is 1. The predicted octanol–water partition coefficient (Wildman–Crippen LogP) is 4.17. The van der Waals surface area contributed by atoms with Gasteiger partial charge in [0.25, 0.3) is 5.91 Å². The number of halogens is 1. The van der Waals surface area contributed by atoms with Crippen LogP contribution >= 0.6 is 15.9 Å². The molecule has 5 nitrogen and oxygen atoms in total. The first kappa shape index (κ1) is 18.1. The topological polar surface area (TPSA) is 50.8 Å². The number of nitrogens with one attached hydrogen (secondary N) is 1. The van der Waals surface area contributed by atoms with Crippen LogP contribution in [0, 0.1) is 0 Å². The Morgan fingerprint density at radius 1 is 1.25 bits per heavy atom. The second kappa shape index (κ2) is 8.06. The van der Waals surface area contributed by atoms with Crippen molar-refractivity contribution < 1.29 is 14.3 Å². The zero-order valence-corrected chi connectivity index (χ0v) is 15.8. The second-order valence-electron chi connectivity index (χ2n) is 5.29. The lowest BCUT2D eigenvalue weighted by Gasteiger charge is -2.18. The molecule has 2 aromatic rings. The average molecular weight is 393 g/mol. The van der Waals surface area contributed by atoms with Gasteiger partial charge in [-0.3, -0.25) is 4.79 Å². The summed E-state index contributed by atoms with van der Waals surface area (Å²) in [5.74, 6) is 0.883. The SMILES string of the molecule is CCOc1c(Br)cc(C(=O)Nc2ccccc2N(C)C)cc1OC. The van der Waals surface area contributed by atoms with Crippen LogP contribution in [0.1, 0.15) is 17.3 Å². The van der Waals surface area contributed by atoms with Gasteiger partial charge in [0.1, 0.15) is 0 Å². The highest BCUT2D eigenvalue weighted by atomic mass is 79.9. The van der Waals surface area contributed by atoms with E-state index in [0.29, 0.717) is 28.1 Å². The third-order valence-electron chi connectivity index (χ3n) is 3.41. The standard InChI is InChI=1S/C18H21BrN2O3/c1-5-24-17-13(19)10-12(11-16(17)23-4)18(22)20-14-8-6-7-9-15(14)21(2)3/h6-11H,5H2,1-4H3,(H,20,22). The molecule has 0 atom stereocenters. The predicted molar refractivity (Wildman–Crippen MR) is 101 cm³/mol. The van der Waals surface area contributed by atoms with Crippen LogP contribution < -0.4 is 19.7 Å². The van der Waals surface area contributed by atoms with E-state index in [4.69, 9.17) is 9.47 Å². The lowest BCUT2D eigenvalue weighted by Crippen LogP contribution is -2.17. The zero-order valence-electron chi connectivity index (χ0n) is 14.2. The van der Waals surface area contributed by atoms with Crippen molar-refractivity contribution in [1.29, 1.82) is 0 Å². The minimum atomic E-state index is -0.216. The second-order valence-corrected chi connectivity index (χ2v) is 6.14. The van der Waals surface area contributed by atoms with E-state index in [1.807, 2.05) is 50.2 Å². The molecule has 0 aliphatic carbocycles. The van der Waals surface area contributed by atoms with Crippen LogP contribution in [0.3, 0.4) is 0 Å². The van der Waals surface area contributed by atoms with E-state index in [-0.39, 0.29) is 5.91 Å². The molecule has 0 saturated carbocycles. The van der Waals surface area contributed by atoms with Crippen LogP contribution in [-0.4, -0.2) is 33.7 Å². The van der Waals surface area contributed by atoms with Crippen LogP contribution in [0.15, 0.2) is 40.9 Å². The molecular weight excluding hydrogens is 372 g/mol. The number of nitrogens with zero attached hydrogens (tertiary/aromatic N) is 1.